The standard InChI is InChI=1S/C21H19N5/c1-14-8-6-12-18(22-14)24-20-16-10-4-5-11-17(16)21(25-20)26(3)19-13-7-9-15(2)23-19/h4-13H,1-3H3/b24-20-. The molecule has 3 aromatic rings. The summed E-state index contributed by atoms with van der Waals surface area (Å²) in [5.41, 5.74) is 3.96. The van der Waals surface area contributed by atoms with Crippen molar-refractivity contribution in [2.24, 2.45) is 9.98 Å². The number of hydrogen-bond donors (Lipinski definition) is 0. The van der Waals surface area contributed by atoms with Gasteiger partial charge in [0.25, 0.3) is 0 Å². The van der Waals surface area contributed by atoms with E-state index >= 15 is 0 Å². The third-order valence-electron chi connectivity index (χ3n) is 4.25. The van der Waals surface area contributed by atoms with Gasteiger partial charge in [-0.3, -0.25) is 0 Å². The van der Waals surface area contributed by atoms with E-state index in [4.69, 9.17) is 4.99 Å². The molecule has 0 unspecified atom stereocenters. The second-order valence-electron chi connectivity index (χ2n) is 6.25. The first-order valence-corrected chi connectivity index (χ1v) is 8.50. The van der Waals surface area contributed by atoms with E-state index in [1.54, 1.807) is 0 Å². The van der Waals surface area contributed by atoms with E-state index < -0.39 is 0 Å². The molecule has 1 aromatic carbocycles. The molecular formula is C21H19N5. The van der Waals surface area contributed by atoms with Crippen LogP contribution in [0.2, 0.25) is 0 Å². The molecule has 0 atom stereocenters. The van der Waals surface area contributed by atoms with Crippen LogP contribution in [-0.4, -0.2) is 28.7 Å². The van der Waals surface area contributed by atoms with Crippen LogP contribution in [0.5, 0.6) is 0 Å². The fourth-order valence-corrected chi connectivity index (χ4v) is 2.96. The summed E-state index contributed by atoms with van der Waals surface area (Å²) in [6, 6.07) is 19.9. The normalized spacial score (nSPS) is 14.3. The molecule has 0 spiro atoms. The van der Waals surface area contributed by atoms with Crippen LogP contribution in [0.15, 0.2) is 70.6 Å². The highest BCUT2D eigenvalue weighted by atomic mass is 15.2. The van der Waals surface area contributed by atoms with E-state index in [0.717, 1.165) is 34.2 Å². The van der Waals surface area contributed by atoms with Gasteiger partial charge in [0.15, 0.2) is 11.7 Å². The predicted octanol–water partition coefficient (Wildman–Crippen LogP) is 4.07. The largest absolute Gasteiger partial charge is 0.314 e. The molecule has 0 saturated heterocycles. The minimum absolute atomic E-state index is 0.663. The van der Waals surface area contributed by atoms with Gasteiger partial charge in [0.2, 0.25) is 0 Å². The molecule has 2 aromatic heterocycles. The molecule has 26 heavy (non-hydrogen) atoms. The summed E-state index contributed by atoms with van der Waals surface area (Å²) in [4.78, 5) is 20.5. The molecule has 0 N–H and O–H groups in total. The van der Waals surface area contributed by atoms with Gasteiger partial charge in [-0.2, -0.15) is 0 Å². The zero-order chi connectivity index (χ0) is 18.1. The van der Waals surface area contributed by atoms with Crippen molar-refractivity contribution < 1.29 is 0 Å². The van der Waals surface area contributed by atoms with Crippen molar-refractivity contribution in [3.8, 4) is 0 Å². The molecule has 3 heterocycles. The molecule has 128 valence electrons. The average molecular weight is 341 g/mol. The van der Waals surface area contributed by atoms with Gasteiger partial charge < -0.3 is 4.90 Å². The van der Waals surface area contributed by atoms with E-state index in [-0.39, 0.29) is 0 Å². The van der Waals surface area contributed by atoms with E-state index in [1.165, 1.54) is 0 Å². The first-order valence-electron chi connectivity index (χ1n) is 8.50. The van der Waals surface area contributed by atoms with Gasteiger partial charge in [-0.25, -0.2) is 20.0 Å². The first-order chi connectivity index (χ1) is 12.6. The molecule has 5 nitrogen and oxygen atoms in total. The van der Waals surface area contributed by atoms with Crippen LogP contribution in [-0.2, 0) is 0 Å². The molecular weight excluding hydrogens is 322 g/mol. The summed E-state index contributed by atoms with van der Waals surface area (Å²) >= 11 is 0. The Morgan fingerprint density at radius 1 is 0.769 bits per heavy atom. The number of rotatable bonds is 2. The van der Waals surface area contributed by atoms with Gasteiger partial charge in [0, 0.05) is 29.6 Å². The van der Waals surface area contributed by atoms with E-state index in [9.17, 15) is 0 Å². The van der Waals surface area contributed by atoms with Gasteiger partial charge in [-0.1, -0.05) is 36.4 Å². The molecule has 0 aliphatic carbocycles. The van der Waals surface area contributed by atoms with E-state index in [1.807, 2.05) is 80.4 Å². The Kier molecular flexibility index (Phi) is 4.05. The minimum Gasteiger partial charge on any atom is -0.314 e. The second kappa shape index (κ2) is 6.52. The van der Waals surface area contributed by atoms with Gasteiger partial charge in [0.1, 0.15) is 11.7 Å². The smallest absolute Gasteiger partial charge is 0.164 e. The number of hydrogen-bond acceptors (Lipinski definition) is 4. The highest BCUT2D eigenvalue weighted by molar-refractivity contribution is 6.26. The molecule has 0 amide bonds. The van der Waals surface area contributed by atoms with Gasteiger partial charge in [-0.05, 0) is 38.1 Å². The maximum atomic E-state index is 4.80. The Labute approximate surface area is 152 Å². The Balaban J connectivity index is 1.80. The van der Waals surface area contributed by atoms with Crippen molar-refractivity contribution in [1.29, 1.82) is 0 Å². The summed E-state index contributed by atoms with van der Waals surface area (Å²) in [5, 5.41) is 0. The van der Waals surface area contributed by atoms with Crippen LogP contribution in [0.25, 0.3) is 0 Å². The summed E-state index contributed by atoms with van der Waals surface area (Å²) in [6.07, 6.45) is 0. The van der Waals surface area contributed by atoms with Crippen molar-refractivity contribution >= 4 is 23.3 Å². The molecule has 4 rings (SSSR count). The lowest BCUT2D eigenvalue weighted by Crippen LogP contribution is -2.27. The van der Waals surface area contributed by atoms with Crippen molar-refractivity contribution in [1.82, 2.24) is 9.97 Å². The maximum Gasteiger partial charge on any atom is 0.164 e. The number of amidine groups is 2. The highest BCUT2D eigenvalue weighted by Crippen LogP contribution is 2.25. The zero-order valence-corrected chi connectivity index (χ0v) is 15.0. The maximum absolute atomic E-state index is 4.80. The van der Waals surface area contributed by atoms with E-state index in [2.05, 4.69) is 21.0 Å². The lowest BCUT2D eigenvalue weighted by molar-refractivity contribution is 1.12. The predicted molar refractivity (Wildman–Crippen MR) is 106 cm³/mol. The monoisotopic (exact) mass is 341 g/mol. The average Bonchev–Trinajstić information content (AvgIpc) is 3.00. The number of pyridine rings is 2. The SMILES string of the molecule is Cc1cccc(/N=C2\N=C(N(C)c3cccc(C)n3)c3ccccc32)n1. The molecule has 0 fully saturated rings. The van der Waals surface area contributed by atoms with Crippen molar-refractivity contribution in [2.75, 3.05) is 11.9 Å². The van der Waals surface area contributed by atoms with Gasteiger partial charge in [-0.15, -0.1) is 0 Å². The number of benzene rings is 1. The highest BCUT2D eigenvalue weighted by Gasteiger charge is 2.25. The van der Waals surface area contributed by atoms with Crippen molar-refractivity contribution in [2.45, 2.75) is 13.8 Å². The van der Waals surface area contributed by atoms with Crippen molar-refractivity contribution in [3.05, 3.63) is 83.2 Å². The lowest BCUT2D eigenvalue weighted by Gasteiger charge is -2.18. The summed E-state index contributed by atoms with van der Waals surface area (Å²) in [7, 11) is 1.98. The summed E-state index contributed by atoms with van der Waals surface area (Å²) in [5.74, 6) is 3.03. The Hall–Kier alpha value is -3.34. The third-order valence-corrected chi connectivity index (χ3v) is 4.25. The minimum atomic E-state index is 0.663. The van der Waals surface area contributed by atoms with Crippen LogP contribution in [0.3, 0.4) is 0 Å². The fraction of sp³-hybridized carbons (Fsp3) is 0.143. The fourth-order valence-electron chi connectivity index (χ4n) is 2.96. The number of anilines is 1. The first kappa shape index (κ1) is 16.1. The molecule has 0 saturated carbocycles. The number of nitrogens with zero attached hydrogens (tertiary/aromatic N) is 5. The number of aromatic nitrogens is 2. The number of fused-ring (bicyclic) bond motifs is 1. The second-order valence-corrected chi connectivity index (χ2v) is 6.25. The number of aryl methyl sites for hydroxylation is 2. The zero-order valence-electron chi connectivity index (χ0n) is 15.0. The van der Waals surface area contributed by atoms with Crippen LogP contribution < -0.4 is 4.90 Å². The Morgan fingerprint density at radius 2 is 1.46 bits per heavy atom. The quantitative estimate of drug-likeness (QED) is 0.706. The van der Waals surface area contributed by atoms with E-state index in [0.29, 0.717) is 11.7 Å². The van der Waals surface area contributed by atoms with Gasteiger partial charge >= 0.3 is 0 Å². The van der Waals surface area contributed by atoms with Crippen LogP contribution in [0, 0.1) is 13.8 Å². The topological polar surface area (TPSA) is 53.7 Å². The molecule has 5 heteroatoms. The molecule has 0 radical (unpaired) electrons. The van der Waals surface area contributed by atoms with Gasteiger partial charge in [0.05, 0.1) is 0 Å². The van der Waals surface area contributed by atoms with Crippen LogP contribution in [0.1, 0.15) is 22.5 Å². The van der Waals surface area contributed by atoms with Crippen LogP contribution >= 0.6 is 0 Å². The molecule has 1 aliphatic rings. The lowest BCUT2D eigenvalue weighted by atomic mass is 10.1. The number of aliphatic imine (C=N–C) groups is 2. The van der Waals surface area contributed by atoms with Crippen LogP contribution in [0.4, 0.5) is 11.6 Å². The summed E-state index contributed by atoms with van der Waals surface area (Å²) in [6.45, 7) is 3.94. The molecule has 0 bridgehead atoms. The van der Waals surface area contributed by atoms with Crippen molar-refractivity contribution in [3.63, 3.8) is 0 Å². The third kappa shape index (κ3) is 2.99. The summed E-state index contributed by atoms with van der Waals surface area (Å²) < 4.78 is 0. The molecule has 1 aliphatic heterocycles. The Morgan fingerprint density at radius 3 is 2.19 bits per heavy atom. The Bertz CT molecular complexity index is 1040.